The predicted molar refractivity (Wildman–Crippen MR) is 88.2 cm³/mol. The normalized spacial score (nSPS) is 17.7. The number of carbonyl (C=O) groups is 1. The minimum Gasteiger partial charge on any atom is -0.488 e. The van der Waals surface area contributed by atoms with Crippen molar-refractivity contribution in [2.45, 2.75) is 25.5 Å². The van der Waals surface area contributed by atoms with E-state index in [9.17, 15) is 4.79 Å². The fraction of sp³-hybridized carbons (Fsp3) is 0.353. The molecule has 0 radical (unpaired) electrons. The van der Waals surface area contributed by atoms with Gasteiger partial charge in [0.15, 0.2) is 0 Å². The Bertz CT molecular complexity index is 627. The van der Waals surface area contributed by atoms with Gasteiger partial charge in [-0.05, 0) is 42.5 Å². The van der Waals surface area contributed by atoms with Gasteiger partial charge in [-0.1, -0.05) is 12.1 Å². The lowest BCUT2D eigenvalue weighted by Crippen LogP contribution is -2.39. The molecule has 2 N–H and O–H groups in total. The zero-order valence-corrected chi connectivity index (χ0v) is 13.2. The fourth-order valence-electron chi connectivity index (χ4n) is 2.78. The molecule has 0 saturated carbocycles. The summed E-state index contributed by atoms with van der Waals surface area (Å²) in [5, 5.41) is 2.03. The van der Waals surface area contributed by atoms with E-state index in [0.717, 1.165) is 25.1 Å². The number of nitrogens with two attached hydrogens (primary N) is 1. The van der Waals surface area contributed by atoms with Crippen LogP contribution in [0, 0.1) is 0 Å². The molecule has 4 nitrogen and oxygen atoms in total. The molecule has 1 amide bonds. The molecule has 1 aliphatic rings. The highest BCUT2D eigenvalue weighted by Gasteiger charge is 2.28. The van der Waals surface area contributed by atoms with Crippen LogP contribution in [0.1, 0.15) is 28.1 Å². The SMILES string of the molecule is NCC1CCCN1C(=O)c1cccc(OCc2cccs2)c1. The highest BCUT2D eigenvalue weighted by molar-refractivity contribution is 7.09. The molecule has 1 unspecified atom stereocenters. The van der Waals surface area contributed by atoms with Crippen LogP contribution in [0.4, 0.5) is 0 Å². The Morgan fingerprint density at radius 1 is 1.36 bits per heavy atom. The zero-order valence-electron chi connectivity index (χ0n) is 12.4. The second kappa shape index (κ2) is 6.94. The van der Waals surface area contributed by atoms with Crippen LogP contribution < -0.4 is 10.5 Å². The number of rotatable bonds is 5. The highest BCUT2D eigenvalue weighted by atomic mass is 32.1. The molecular formula is C17H20N2O2S. The number of hydrogen-bond donors (Lipinski definition) is 1. The van der Waals surface area contributed by atoms with Gasteiger partial charge < -0.3 is 15.4 Å². The van der Waals surface area contributed by atoms with E-state index in [1.165, 1.54) is 4.88 Å². The molecule has 1 aromatic heterocycles. The summed E-state index contributed by atoms with van der Waals surface area (Å²) >= 11 is 1.66. The van der Waals surface area contributed by atoms with Crippen LogP contribution in [-0.2, 0) is 6.61 Å². The highest BCUT2D eigenvalue weighted by Crippen LogP contribution is 2.22. The molecule has 2 aromatic rings. The van der Waals surface area contributed by atoms with Gasteiger partial charge in [-0.3, -0.25) is 4.79 Å². The standard InChI is InChI=1S/C17H20N2O2S/c18-11-14-5-2-8-19(14)17(20)13-4-1-6-15(10-13)21-12-16-7-3-9-22-16/h1,3-4,6-7,9-10,14H,2,5,8,11-12,18H2. The summed E-state index contributed by atoms with van der Waals surface area (Å²) in [7, 11) is 0. The van der Waals surface area contributed by atoms with Crippen molar-refractivity contribution in [2.75, 3.05) is 13.1 Å². The van der Waals surface area contributed by atoms with Crippen molar-refractivity contribution in [3.05, 3.63) is 52.2 Å². The summed E-state index contributed by atoms with van der Waals surface area (Å²) in [6, 6.07) is 11.6. The molecular weight excluding hydrogens is 296 g/mol. The number of amides is 1. The third kappa shape index (κ3) is 3.31. The topological polar surface area (TPSA) is 55.6 Å². The minimum atomic E-state index is 0.0505. The quantitative estimate of drug-likeness (QED) is 0.923. The molecule has 0 bridgehead atoms. The Morgan fingerprint density at radius 3 is 3.05 bits per heavy atom. The second-order valence-electron chi connectivity index (χ2n) is 5.43. The smallest absolute Gasteiger partial charge is 0.254 e. The lowest BCUT2D eigenvalue weighted by Gasteiger charge is -2.23. The Morgan fingerprint density at radius 2 is 2.27 bits per heavy atom. The maximum atomic E-state index is 12.6. The molecule has 5 heteroatoms. The van der Waals surface area contributed by atoms with Gasteiger partial charge in [-0.25, -0.2) is 0 Å². The third-order valence-corrected chi connectivity index (χ3v) is 4.80. The average molecular weight is 316 g/mol. The fourth-order valence-corrected chi connectivity index (χ4v) is 3.40. The Balaban J connectivity index is 1.69. The molecule has 3 rings (SSSR count). The molecule has 1 aliphatic heterocycles. The van der Waals surface area contributed by atoms with Crippen molar-refractivity contribution < 1.29 is 9.53 Å². The summed E-state index contributed by atoms with van der Waals surface area (Å²) in [5.41, 5.74) is 6.42. The molecule has 0 aliphatic carbocycles. The van der Waals surface area contributed by atoms with Crippen molar-refractivity contribution in [1.82, 2.24) is 4.90 Å². The molecule has 1 saturated heterocycles. The summed E-state index contributed by atoms with van der Waals surface area (Å²) in [5.74, 6) is 0.775. The van der Waals surface area contributed by atoms with Gasteiger partial charge >= 0.3 is 0 Å². The zero-order chi connectivity index (χ0) is 15.4. The Hall–Kier alpha value is -1.85. The maximum Gasteiger partial charge on any atom is 0.254 e. The van der Waals surface area contributed by atoms with Gasteiger partial charge in [-0.15, -0.1) is 11.3 Å². The molecule has 1 atom stereocenters. The van der Waals surface area contributed by atoms with E-state index in [1.54, 1.807) is 11.3 Å². The van der Waals surface area contributed by atoms with E-state index in [2.05, 4.69) is 0 Å². The van der Waals surface area contributed by atoms with Crippen molar-refractivity contribution in [3.8, 4) is 5.75 Å². The van der Waals surface area contributed by atoms with Crippen molar-refractivity contribution in [2.24, 2.45) is 5.73 Å². The van der Waals surface area contributed by atoms with Crippen LogP contribution in [0.15, 0.2) is 41.8 Å². The Kier molecular flexibility index (Phi) is 4.75. The predicted octanol–water partition coefficient (Wildman–Crippen LogP) is 2.89. The first-order valence-corrected chi connectivity index (χ1v) is 8.42. The van der Waals surface area contributed by atoms with Gasteiger partial charge in [0.25, 0.3) is 5.91 Å². The second-order valence-corrected chi connectivity index (χ2v) is 6.46. The van der Waals surface area contributed by atoms with Crippen LogP contribution in [0.25, 0.3) is 0 Å². The third-order valence-electron chi connectivity index (χ3n) is 3.95. The number of benzene rings is 1. The first kappa shape index (κ1) is 15.1. The number of carbonyl (C=O) groups excluding carboxylic acids is 1. The molecule has 2 heterocycles. The van der Waals surface area contributed by atoms with E-state index < -0.39 is 0 Å². The van der Waals surface area contributed by atoms with Gasteiger partial charge in [0.1, 0.15) is 12.4 Å². The van der Waals surface area contributed by atoms with E-state index >= 15 is 0 Å². The molecule has 0 spiro atoms. The lowest BCUT2D eigenvalue weighted by atomic mass is 10.1. The van der Waals surface area contributed by atoms with Crippen LogP contribution in [0.2, 0.25) is 0 Å². The van der Waals surface area contributed by atoms with Crippen LogP contribution in [0.5, 0.6) is 5.75 Å². The van der Waals surface area contributed by atoms with E-state index in [1.807, 2.05) is 46.7 Å². The maximum absolute atomic E-state index is 12.6. The van der Waals surface area contributed by atoms with Crippen molar-refractivity contribution in [1.29, 1.82) is 0 Å². The van der Waals surface area contributed by atoms with Gasteiger partial charge in [0.05, 0.1) is 0 Å². The molecule has 1 fully saturated rings. The number of likely N-dealkylation sites (tertiary alicyclic amines) is 1. The van der Waals surface area contributed by atoms with E-state index in [-0.39, 0.29) is 11.9 Å². The van der Waals surface area contributed by atoms with Crippen molar-refractivity contribution in [3.63, 3.8) is 0 Å². The van der Waals surface area contributed by atoms with E-state index in [0.29, 0.717) is 18.7 Å². The van der Waals surface area contributed by atoms with Crippen LogP contribution >= 0.6 is 11.3 Å². The van der Waals surface area contributed by atoms with Gasteiger partial charge in [0.2, 0.25) is 0 Å². The summed E-state index contributed by atoms with van der Waals surface area (Å²) in [6.07, 6.45) is 2.03. The minimum absolute atomic E-state index is 0.0505. The number of thiophene rings is 1. The first-order valence-electron chi connectivity index (χ1n) is 7.54. The number of hydrogen-bond acceptors (Lipinski definition) is 4. The van der Waals surface area contributed by atoms with E-state index in [4.69, 9.17) is 10.5 Å². The van der Waals surface area contributed by atoms with Gasteiger partial charge in [-0.2, -0.15) is 0 Å². The first-order chi connectivity index (χ1) is 10.8. The van der Waals surface area contributed by atoms with Crippen LogP contribution in [-0.4, -0.2) is 29.9 Å². The number of nitrogens with zero attached hydrogens (tertiary/aromatic N) is 1. The summed E-state index contributed by atoms with van der Waals surface area (Å²) in [4.78, 5) is 15.7. The molecule has 116 valence electrons. The largest absolute Gasteiger partial charge is 0.488 e. The lowest BCUT2D eigenvalue weighted by molar-refractivity contribution is 0.0740. The van der Waals surface area contributed by atoms with Crippen LogP contribution in [0.3, 0.4) is 0 Å². The average Bonchev–Trinajstić information content (AvgIpc) is 3.23. The number of ether oxygens (including phenoxy) is 1. The molecule has 22 heavy (non-hydrogen) atoms. The Labute approximate surface area is 134 Å². The summed E-state index contributed by atoms with van der Waals surface area (Å²) in [6.45, 7) is 1.85. The molecule has 1 aromatic carbocycles. The van der Waals surface area contributed by atoms with Crippen molar-refractivity contribution >= 4 is 17.2 Å². The summed E-state index contributed by atoms with van der Waals surface area (Å²) < 4.78 is 5.77. The van der Waals surface area contributed by atoms with Gasteiger partial charge in [0, 0.05) is 29.6 Å². The monoisotopic (exact) mass is 316 g/mol.